The Morgan fingerprint density at radius 1 is 1.42 bits per heavy atom. The SMILES string of the molecule is C[C@H]1CCCN(S(=O)(=O)c2cccc(C(N)=O)c2)C1. The fourth-order valence-corrected chi connectivity index (χ4v) is 3.97. The van der Waals surface area contributed by atoms with E-state index in [9.17, 15) is 13.2 Å². The molecule has 5 nitrogen and oxygen atoms in total. The van der Waals surface area contributed by atoms with Crippen molar-refractivity contribution in [3.05, 3.63) is 29.8 Å². The Labute approximate surface area is 113 Å². The van der Waals surface area contributed by atoms with Gasteiger partial charge in [-0.15, -0.1) is 0 Å². The Hall–Kier alpha value is -1.40. The molecule has 104 valence electrons. The summed E-state index contributed by atoms with van der Waals surface area (Å²) in [5.41, 5.74) is 5.39. The van der Waals surface area contributed by atoms with Gasteiger partial charge in [0.05, 0.1) is 4.90 Å². The second kappa shape index (κ2) is 5.30. The molecule has 1 aliphatic rings. The van der Waals surface area contributed by atoms with E-state index in [1.54, 1.807) is 6.07 Å². The van der Waals surface area contributed by atoms with Crippen molar-refractivity contribution < 1.29 is 13.2 Å². The van der Waals surface area contributed by atoms with Crippen LogP contribution in [0.25, 0.3) is 0 Å². The zero-order valence-corrected chi connectivity index (χ0v) is 11.7. The number of piperidine rings is 1. The van der Waals surface area contributed by atoms with Crippen LogP contribution in [-0.2, 0) is 10.0 Å². The average molecular weight is 282 g/mol. The second-order valence-corrected chi connectivity index (χ2v) is 6.94. The van der Waals surface area contributed by atoms with E-state index in [-0.39, 0.29) is 10.5 Å². The summed E-state index contributed by atoms with van der Waals surface area (Å²) in [7, 11) is -3.53. The molecule has 2 rings (SSSR count). The second-order valence-electron chi connectivity index (χ2n) is 5.00. The molecule has 0 unspecified atom stereocenters. The van der Waals surface area contributed by atoms with Crippen LogP contribution < -0.4 is 5.73 Å². The van der Waals surface area contributed by atoms with Gasteiger partial charge < -0.3 is 5.73 Å². The molecule has 1 fully saturated rings. The summed E-state index contributed by atoms with van der Waals surface area (Å²) >= 11 is 0. The minimum absolute atomic E-state index is 0.137. The van der Waals surface area contributed by atoms with Crippen molar-refractivity contribution >= 4 is 15.9 Å². The van der Waals surface area contributed by atoms with E-state index in [4.69, 9.17) is 5.73 Å². The van der Waals surface area contributed by atoms with Crippen LogP contribution in [0.4, 0.5) is 0 Å². The van der Waals surface area contributed by atoms with Gasteiger partial charge in [0.2, 0.25) is 15.9 Å². The number of carbonyl (C=O) groups is 1. The van der Waals surface area contributed by atoms with Gasteiger partial charge in [-0.05, 0) is 37.0 Å². The number of hydrogen-bond acceptors (Lipinski definition) is 3. The quantitative estimate of drug-likeness (QED) is 0.904. The van der Waals surface area contributed by atoms with Gasteiger partial charge in [-0.25, -0.2) is 8.42 Å². The standard InChI is InChI=1S/C13H18N2O3S/c1-10-4-3-7-15(9-10)19(17,18)12-6-2-5-11(8-12)13(14)16/h2,5-6,8,10H,3-4,7,9H2,1H3,(H2,14,16)/t10-/m0/s1. The third kappa shape index (κ3) is 2.96. The predicted octanol–water partition coefficient (Wildman–Crippen LogP) is 1.21. The maximum atomic E-state index is 12.5. The zero-order chi connectivity index (χ0) is 14.0. The lowest BCUT2D eigenvalue weighted by Crippen LogP contribution is -2.39. The Morgan fingerprint density at radius 2 is 2.16 bits per heavy atom. The van der Waals surface area contributed by atoms with Crippen molar-refractivity contribution in [2.24, 2.45) is 11.7 Å². The number of nitrogens with zero attached hydrogens (tertiary/aromatic N) is 1. The lowest BCUT2D eigenvalue weighted by atomic mass is 10.0. The van der Waals surface area contributed by atoms with Crippen LogP contribution in [0, 0.1) is 5.92 Å². The van der Waals surface area contributed by atoms with Gasteiger partial charge in [-0.1, -0.05) is 13.0 Å². The highest BCUT2D eigenvalue weighted by Crippen LogP contribution is 2.23. The highest BCUT2D eigenvalue weighted by molar-refractivity contribution is 7.89. The van der Waals surface area contributed by atoms with Crippen molar-refractivity contribution in [2.75, 3.05) is 13.1 Å². The Kier molecular flexibility index (Phi) is 3.91. The molecular formula is C13H18N2O3S. The molecule has 1 saturated heterocycles. The normalized spacial score (nSPS) is 21.2. The van der Waals surface area contributed by atoms with E-state index in [1.165, 1.54) is 22.5 Å². The number of rotatable bonds is 3. The minimum Gasteiger partial charge on any atom is -0.366 e. The van der Waals surface area contributed by atoms with Crippen LogP contribution in [-0.4, -0.2) is 31.7 Å². The fourth-order valence-electron chi connectivity index (χ4n) is 2.32. The van der Waals surface area contributed by atoms with Crippen molar-refractivity contribution in [1.29, 1.82) is 0 Å². The van der Waals surface area contributed by atoms with Gasteiger partial charge in [-0.2, -0.15) is 4.31 Å². The first-order valence-electron chi connectivity index (χ1n) is 6.31. The van der Waals surface area contributed by atoms with Gasteiger partial charge in [0.25, 0.3) is 0 Å². The van der Waals surface area contributed by atoms with Gasteiger partial charge >= 0.3 is 0 Å². The highest BCUT2D eigenvalue weighted by atomic mass is 32.2. The molecular weight excluding hydrogens is 264 g/mol. The summed E-state index contributed by atoms with van der Waals surface area (Å²) in [5, 5.41) is 0. The summed E-state index contributed by atoms with van der Waals surface area (Å²) in [6, 6.07) is 5.90. The van der Waals surface area contributed by atoms with Crippen LogP contribution in [0.3, 0.4) is 0 Å². The Bertz CT molecular complexity index is 583. The van der Waals surface area contributed by atoms with Crippen LogP contribution in [0.2, 0.25) is 0 Å². The smallest absolute Gasteiger partial charge is 0.248 e. The highest BCUT2D eigenvalue weighted by Gasteiger charge is 2.28. The molecule has 0 radical (unpaired) electrons. The molecule has 6 heteroatoms. The lowest BCUT2D eigenvalue weighted by Gasteiger charge is -2.30. The predicted molar refractivity (Wildman–Crippen MR) is 72.1 cm³/mol. The van der Waals surface area contributed by atoms with E-state index in [1.807, 2.05) is 6.92 Å². The summed E-state index contributed by atoms with van der Waals surface area (Å²) in [5.74, 6) is -0.257. The Balaban J connectivity index is 2.33. The van der Waals surface area contributed by atoms with E-state index >= 15 is 0 Å². The Morgan fingerprint density at radius 3 is 2.79 bits per heavy atom. The number of carbonyl (C=O) groups excluding carboxylic acids is 1. The summed E-state index contributed by atoms with van der Waals surface area (Å²) in [6.07, 6.45) is 1.92. The monoisotopic (exact) mass is 282 g/mol. The van der Waals surface area contributed by atoms with Crippen molar-refractivity contribution in [3.63, 3.8) is 0 Å². The summed E-state index contributed by atoms with van der Waals surface area (Å²) < 4.78 is 26.5. The lowest BCUT2D eigenvalue weighted by molar-refractivity contribution is 0.1000. The maximum Gasteiger partial charge on any atom is 0.248 e. The molecule has 0 aliphatic carbocycles. The van der Waals surface area contributed by atoms with E-state index in [0.29, 0.717) is 19.0 Å². The van der Waals surface area contributed by atoms with Crippen molar-refractivity contribution in [3.8, 4) is 0 Å². The molecule has 19 heavy (non-hydrogen) atoms. The topological polar surface area (TPSA) is 80.5 Å². The molecule has 2 N–H and O–H groups in total. The average Bonchev–Trinajstić information content (AvgIpc) is 2.39. The first-order valence-corrected chi connectivity index (χ1v) is 7.75. The van der Waals surface area contributed by atoms with Crippen molar-refractivity contribution in [1.82, 2.24) is 4.31 Å². The van der Waals surface area contributed by atoms with Gasteiger partial charge in [0, 0.05) is 18.7 Å². The minimum atomic E-state index is -3.53. The van der Waals surface area contributed by atoms with Crippen LogP contribution in [0.15, 0.2) is 29.2 Å². The number of hydrogen-bond donors (Lipinski definition) is 1. The maximum absolute atomic E-state index is 12.5. The molecule has 0 aromatic heterocycles. The number of nitrogens with two attached hydrogens (primary N) is 1. The summed E-state index contributed by atoms with van der Waals surface area (Å²) in [4.78, 5) is 11.3. The van der Waals surface area contributed by atoms with Gasteiger partial charge in [0.15, 0.2) is 0 Å². The number of amides is 1. The van der Waals surface area contributed by atoms with E-state index in [0.717, 1.165) is 12.8 Å². The van der Waals surface area contributed by atoms with Crippen LogP contribution >= 0.6 is 0 Å². The molecule has 1 aromatic rings. The third-order valence-corrected chi connectivity index (χ3v) is 5.24. The first kappa shape index (κ1) is 14.0. The molecule has 0 bridgehead atoms. The molecule has 0 spiro atoms. The molecule has 1 heterocycles. The molecule has 1 aromatic carbocycles. The molecule has 1 atom stereocenters. The summed E-state index contributed by atoms with van der Waals surface area (Å²) in [6.45, 7) is 3.11. The first-order chi connectivity index (χ1) is 8.91. The zero-order valence-electron chi connectivity index (χ0n) is 10.9. The molecule has 1 amide bonds. The van der Waals surface area contributed by atoms with Crippen LogP contribution in [0.5, 0.6) is 0 Å². The fraction of sp³-hybridized carbons (Fsp3) is 0.462. The third-order valence-electron chi connectivity index (χ3n) is 3.38. The number of sulfonamides is 1. The van der Waals surface area contributed by atoms with Gasteiger partial charge in [-0.3, -0.25) is 4.79 Å². The number of benzene rings is 1. The molecule has 0 saturated carbocycles. The van der Waals surface area contributed by atoms with E-state index in [2.05, 4.69) is 0 Å². The van der Waals surface area contributed by atoms with Crippen molar-refractivity contribution in [2.45, 2.75) is 24.7 Å². The molecule has 1 aliphatic heterocycles. The van der Waals surface area contributed by atoms with Gasteiger partial charge in [0.1, 0.15) is 0 Å². The van der Waals surface area contributed by atoms with E-state index < -0.39 is 15.9 Å². The number of primary amides is 1. The van der Waals surface area contributed by atoms with Crippen LogP contribution in [0.1, 0.15) is 30.1 Å². The largest absolute Gasteiger partial charge is 0.366 e.